The van der Waals surface area contributed by atoms with Crippen LogP contribution in [0.1, 0.15) is 5.56 Å². The van der Waals surface area contributed by atoms with E-state index in [1.807, 2.05) is 0 Å². The van der Waals surface area contributed by atoms with Crippen LogP contribution in [0.5, 0.6) is 0 Å². The van der Waals surface area contributed by atoms with E-state index in [1.165, 1.54) is 13.1 Å². The summed E-state index contributed by atoms with van der Waals surface area (Å²) >= 11 is 0. The predicted molar refractivity (Wildman–Crippen MR) is 72.4 cm³/mol. The zero-order valence-electron chi connectivity index (χ0n) is 10.1. The molecule has 0 aliphatic heterocycles. The number of nitrogens with two attached hydrogens (primary N) is 1. The van der Waals surface area contributed by atoms with Crippen molar-refractivity contribution in [3.63, 3.8) is 0 Å². The minimum atomic E-state index is -3.53. The van der Waals surface area contributed by atoms with E-state index >= 15 is 0 Å². The highest BCUT2D eigenvalue weighted by Crippen LogP contribution is 2.19. The number of benzene rings is 1. The van der Waals surface area contributed by atoms with Crippen molar-refractivity contribution in [2.45, 2.75) is 11.8 Å². The van der Waals surface area contributed by atoms with E-state index in [1.54, 1.807) is 19.1 Å². The molecule has 0 aromatic heterocycles. The zero-order valence-corrected chi connectivity index (χ0v) is 11.7. The van der Waals surface area contributed by atoms with Crippen molar-refractivity contribution in [2.24, 2.45) is 5.73 Å². The molecule has 0 spiro atoms. The van der Waals surface area contributed by atoms with Crippen LogP contribution in [0.3, 0.4) is 0 Å². The Morgan fingerprint density at radius 3 is 2.50 bits per heavy atom. The summed E-state index contributed by atoms with van der Waals surface area (Å²) in [6.07, 6.45) is 0. The lowest BCUT2D eigenvalue weighted by Gasteiger charge is -2.09. The third kappa shape index (κ3) is 3.95. The molecule has 0 radical (unpaired) electrons. The molecule has 1 aromatic rings. The Hall–Kier alpha value is -1.15. The number of halogens is 1. The van der Waals surface area contributed by atoms with Crippen LogP contribution in [0.25, 0.3) is 0 Å². The van der Waals surface area contributed by atoms with Gasteiger partial charge < -0.3 is 11.1 Å². The Balaban J connectivity index is 0.00000289. The summed E-state index contributed by atoms with van der Waals surface area (Å²) in [5.74, 6) is -0.373. The molecular weight excluding hydrogens is 278 g/mol. The molecule has 8 heteroatoms. The quantitative estimate of drug-likeness (QED) is 0.739. The number of carbonyl (C=O) groups excluding carboxylic acids is 1. The summed E-state index contributed by atoms with van der Waals surface area (Å²) in [6, 6.07) is 4.64. The molecule has 1 rings (SSSR count). The molecule has 18 heavy (non-hydrogen) atoms. The first kappa shape index (κ1) is 16.9. The van der Waals surface area contributed by atoms with E-state index in [9.17, 15) is 13.2 Å². The van der Waals surface area contributed by atoms with Gasteiger partial charge in [0.05, 0.1) is 11.4 Å². The number of anilines is 1. The average molecular weight is 294 g/mol. The molecule has 0 atom stereocenters. The third-order valence-corrected chi connectivity index (χ3v) is 3.77. The number of sulfonamides is 1. The minimum absolute atomic E-state index is 0. The maximum Gasteiger partial charge on any atom is 0.240 e. The van der Waals surface area contributed by atoms with E-state index in [4.69, 9.17) is 5.73 Å². The van der Waals surface area contributed by atoms with Crippen molar-refractivity contribution in [3.8, 4) is 0 Å². The van der Waals surface area contributed by atoms with Crippen LogP contribution in [0, 0.1) is 6.92 Å². The van der Waals surface area contributed by atoms with Crippen LogP contribution in [0.2, 0.25) is 0 Å². The number of nitrogens with one attached hydrogen (secondary N) is 2. The second-order valence-electron chi connectivity index (χ2n) is 3.44. The summed E-state index contributed by atoms with van der Waals surface area (Å²) in [6.45, 7) is 1.53. The van der Waals surface area contributed by atoms with Crippen molar-refractivity contribution >= 4 is 34.0 Å². The fourth-order valence-corrected chi connectivity index (χ4v) is 2.28. The van der Waals surface area contributed by atoms with Gasteiger partial charge >= 0.3 is 0 Å². The van der Waals surface area contributed by atoms with Crippen molar-refractivity contribution in [1.82, 2.24) is 4.72 Å². The number of amides is 1. The topological polar surface area (TPSA) is 101 Å². The average Bonchev–Trinajstić information content (AvgIpc) is 2.31. The molecule has 0 saturated heterocycles. The number of aryl methyl sites for hydroxylation is 1. The highest BCUT2D eigenvalue weighted by molar-refractivity contribution is 7.89. The van der Waals surface area contributed by atoms with Gasteiger partial charge in [-0.05, 0) is 31.7 Å². The molecule has 1 aromatic carbocycles. The second kappa shape index (κ2) is 6.69. The standard InChI is InChI=1S/C10H15N3O3S.ClH/c1-7-3-4-8(13-10(14)6-11)5-9(7)17(15,16)12-2;/h3-5,12H,6,11H2,1-2H3,(H,13,14);1H. The molecule has 0 fully saturated rings. The van der Waals surface area contributed by atoms with E-state index < -0.39 is 10.0 Å². The van der Waals surface area contributed by atoms with Gasteiger partial charge in [0.1, 0.15) is 0 Å². The second-order valence-corrected chi connectivity index (χ2v) is 5.30. The number of carbonyl (C=O) groups is 1. The maximum atomic E-state index is 11.7. The molecule has 0 unspecified atom stereocenters. The highest BCUT2D eigenvalue weighted by Gasteiger charge is 2.15. The summed E-state index contributed by atoms with van der Waals surface area (Å²) in [7, 11) is -2.19. The molecule has 4 N–H and O–H groups in total. The highest BCUT2D eigenvalue weighted by atomic mass is 35.5. The molecule has 0 aliphatic carbocycles. The Morgan fingerprint density at radius 2 is 2.00 bits per heavy atom. The van der Waals surface area contributed by atoms with Crippen molar-refractivity contribution < 1.29 is 13.2 Å². The lowest BCUT2D eigenvalue weighted by molar-refractivity contribution is -0.114. The number of hydrogen-bond donors (Lipinski definition) is 3. The monoisotopic (exact) mass is 293 g/mol. The number of rotatable bonds is 4. The largest absolute Gasteiger partial charge is 0.325 e. The normalized spacial score (nSPS) is 10.6. The lowest BCUT2D eigenvalue weighted by atomic mass is 10.2. The summed E-state index contributed by atoms with van der Waals surface area (Å²) in [5.41, 5.74) is 6.16. The van der Waals surface area contributed by atoms with Crippen molar-refractivity contribution in [1.29, 1.82) is 0 Å². The summed E-state index contributed by atoms with van der Waals surface area (Å²) < 4.78 is 25.6. The molecule has 0 saturated carbocycles. The van der Waals surface area contributed by atoms with Gasteiger partial charge in [0.15, 0.2) is 0 Å². The van der Waals surface area contributed by atoms with Crippen LogP contribution < -0.4 is 15.8 Å². The first-order valence-electron chi connectivity index (χ1n) is 4.95. The molecule has 102 valence electrons. The van der Waals surface area contributed by atoms with Gasteiger partial charge in [-0.15, -0.1) is 12.4 Å². The Kier molecular flexibility index (Phi) is 6.27. The number of hydrogen-bond acceptors (Lipinski definition) is 4. The van der Waals surface area contributed by atoms with Gasteiger partial charge in [0.2, 0.25) is 15.9 Å². The molecule has 6 nitrogen and oxygen atoms in total. The van der Waals surface area contributed by atoms with Gasteiger partial charge in [-0.1, -0.05) is 6.07 Å². The van der Waals surface area contributed by atoms with Crippen LogP contribution >= 0.6 is 12.4 Å². The van der Waals surface area contributed by atoms with Crippen molar-refractivity contribution in [3.05, 3.63) is 23.8 Å². The molecule has 0 heterocycles. The zero-order chi connectivity index (χ0) is 13.1. The van der Waals surface area contributed by atoms with E-state index in [0.29, 0.717) is 11.3 Å². The molecule has 0 aliphatic rings. The summed E-state index contributed by atoms with van der Waals surface area (Å²) in [4.78, 5) is 11.2. The first-order chi connectivity index (χ1) is 7.90. The molecular formula is C10H16ClN3O3S. The summed E-state index contributed by atoms with van der Waals surface area (Å²) in [5, 5.41) is 2.50. The van der Waals surface area contributed by atoms with Gasteiger partial charge in [0.25, 0.3) is 0 Å². The van der Waals surface area contributed by atoms with Crippen LogP contribution in [0.4, 0.5) is 5.69 Å². The van der Waals surface area contributed by atoms with Crippen LogP contribution in [0.15, 0.2) is 23.1 Å². The maximum absolute atomic E-state index is 11.7. The van der Waals surface area contributed by atoms with Gasteiger partial charge in [0, 0.05) is 5.69 Å². The Labute approximate surface area is 112 Å². The Morgan fingerprint density at radius 1 is 1.39 bits per heavy atom. The van der Waals surface area contributed by atoms with E-state index in [-0.39, 0.29) is 29.8 Å². The SMILES string of the molecule is CNS(=O)(=O)c1cc(NC(=O)CN)ccc1C.Cl. The third-order valence-electron chi connectivity index (χ3n) is 2.22. The van der Waals surface area contributed by atoms with Gasteiger partial charge in [-0.3, -0.25) is 4.79 Å². The van der Waals surface area contributed by atoms with Crippen molar-refractivity contribution in [2.75, 3.05) is 18.9 Å². The molecule has 1 amide bonds. The minimum Gasteiger partial charge on any atom is -0.325 e. The van der Waals surface area contributed by atoms with Crippen LogP contribution in [-0.4, -0.2) is 27.9 Å². The fourth-order valence-electron chi connectivity index (χ4n) is 1.29. The predicted octanol–water partition coefficient (Wildman–Crippen LogP) is 0.222. The lowest BCUT2D eigenvalue weighted by Crippen LogP contribution is -2.23. The van der Waals surface area contributed by atoms with Crippen LogP contribution in [-0.2, 0) is 14.8 Å². The van der Waals surface area contributed by atoms with Gasteiger partial charge in [-0.25, -0.2) is 13.1 Å². The van der Waals surface area contributed by atoms with E-state index in [2.05, 4.69) is 10.0 Å². The smallest absolute Gasteiger partial charge is 0.240 e. The molecule has 0 bridgehead atoms. The Bertz CT molecular complexity index is 531. The first-order valence-corrected chi connectivity index (χ1v) is 6.43. The van der Waals surface area contributed by atoms with E-state index in [0.717, 1.165) is 0 Å². The van der Waals surface area contributed by atoms with Gasteiger partial charge in [-0.2, -0.15) is 0 Å². The fraction of sp³-hybridized carbons (Fsp3) is 0.300.